The molecule has 3 atom stereocenters. The number of hydrogen-bond acceptors (Lipinski definition) is 8. The van der Waals surface area contributed by atoms with E-state index in [2.05, 4.69) is 15.7 Å². The number of carbonyl (C=O) groups is 3. The molecule has 0 bridgehead atoms. The number of thiazole rings is 1. The third-order valence-electron chi connectivity index (χ3n) is 8.24. The molecule has 0 saturated carbocycles. The van der Waals surface area contributed by atoms with Crippen LogP contribution in [0.25, 0.3) is 21.2 Å². The summed E-state index contributed by atoms with van der Waals surface area (Å²) in [7, 11) is 0. The number of nitrogens with one attached hydrogen (secondary N) is 2. The summed E-state index contributed by atoms with van der Waals surface area (Å²) in [6.07, 6.45) is 5.44. The highest BCUT2D eigenvalue weighted by Crippen LogP contribution is 2.31. The van der Waals surface area contributed by atoms with Crippen LogP contribution in [0.4, 0.5) is 14.3 Å². The Bertz CT molecular complexity index is 1830. The topological polar surface area (TPSA) is 137 Å². The van der Waals surface area contributed by atoms with Crippen LogP contribution in [0, 0.1) is 0 Å². The first-order valence-corrected chi connectivity index (χ1v) is 15.2. The number of para-hydroxylation sites is 1. The Labute approximate surface area is 255 Å². The highest BCUT2D eigenvalue weighted by Gasteiger charge is 2.50. The van der Waals surface area contributed by atoms with Crippen LogP contribution in [0.15, 0.2) is 76.9 Å². The molecule has 2 aromatic carbocycles. The molecule has 3 aliphatic rings. The Morgan fingerprint density at radius 2 is 2.09 bits per heavy atom. The van der Waals surface area contributed by atoms with E-state index in [1.54, 1.807) is 33.2 Å². The Morgan fingerprint density at radius 3 is 2.93 bits per heavy atom. The number of alkyl halides is 1. The third kappa shape index (κ3) is 5.40. The van der Waals surface area contributed by atoms with Gasteiger partial charge >= 0.3 is 6.03 Å². The number of amides is 4. The van der Waals surface area contributed by atoms with Crippen molar-refractivity contribution in [2.24, 2.45) is 0 Å². The number of carbonyl (C=O) groups excluding carboxylic acids is 3. The summed E-state index contributed by atoms with van der Waals surface area (Å²) in [5, 5.41) is 5.71. The summed E-state index contributed by atoms with van der Waals surface area (Å²) >= 11 is 1.38. The van der Waals surface area contributed by atoms with Gasteiger partial charge in [-0.05, 0) is 41.0 Å². The summed E-state index contributed by atoms with van der Waals surface area (Å²) in [5.41, 5.74) is 12.8. The summed E-state index contributed by atoms with van der Waals surface area (Å²) in [4.78, 5) is 48.3. The highest BCUT2D eigenvalue weighted by atomic mass is 32.1. The minimum atomic E-state index is -1.01. The lowest BCUT2D eigenvalue weighted by molar-refractivity contribution is -0.154. The summed E-state index contributed by atoms with van der Waals surface area (Å²) in [6.45, 7) is 0.589. The number of urea groups is 1. The van der Waals surface area contributed by atoms with Crippen LogP contribution in [0.3, 0.4) is 0 Å². The largest absolute Gasteiger partial charge is 0.464 e. The van der Waals surface area contributed by atoms with E-state index in [0.29, 0.717) is 11.6 Å². The van der Waals surface area contributed by atoms with E-state index in [9.17, 15) is 18.8 Å². The molecule has 44 heavy (non-hydrogen) atoms. The van der Waals surface area contributed by atoms with Gasteiger partial charge in [0.2, 0.25) is 11.8 Å². The van der Waals surface area contributed by atoms with Gasteiger partial charge < -0.3 is 25.3 Å². The van der Waals surface area contributed by atoms with Gasteiger partial charge in [-0.1, -0.05) is 47.8 Å². The average Bonchev–Trinajstić information content (AvgIpc) is 3.71. The van der Waals surface area contributed by atoms with Gasteiger partial charge in [0.25, 0.3) is 0 Å². The first-order chi connectivity index (χ1) is 21.3. The molecule has 7 rings (SSSR count). The van der Waals surface area contributed by atoms with Gasteiger partial charge in [0.1, 0.15) is 24.0 Å². The van der Waals surface area contributed by atoms with Crippen molar-refractivity contribution in [1.82, 2.24) is 30.5 Å². The van der Waals surface area contributed by atoms with E-state index in [-0.39, 0.29) is 44.4 Å². The van der Waals surface area contributed by atoms with Gasteiger partial charge in [-0.15, -0.1) is 0 Å². The van der Waals surface area contributed by atoms with Crippen molar-refractivity contribution < 1.29 is 23.2 Å². The first kappa shape index (κ1) is 28.0. The number of hydrogen-bond donors (Lipinski definition) is 3. The van der Waals surface area contributed by atoms with E-state index < -0.39 is 24.4 Å². The summed E-state index contributed by atoms with van der Waals surface area (Å²) in [6, 6.07) is 12.1. The maximum absolute atomic E-state index is 14.1. The molecule has 226 valence electrons. The minimum absolute atomic E-state index is 0.0825. The Hall–Kier alpha value is -4.75. The summed E-state index contributed by atoms with van der Waals surface area (Å²) in [5.74, 6) is -0.436. The Kier molecular flexibility index (Phi) is 7.26. The molecule has 0 spiro atoms. The van der Waals surface area contributed by atoms with Crippen molar-refractivity contribution in [2.45, 2.75) is 37.8 Å². The normalized spacial score (nSPS) is 22.1. The van der Waals surface area contributed by atoms with Crippen LogP contribution in [-0.4, -0.2) is 75.7 Å². The number of hydrazine groups is 1. The van der Waals surface area contributed by atoms with Crippen molar-refractivity contribution in [3.63, 3.8) is 0 Å². The monoisotopic (exact) mass is 615 g/mol. The number of halogens is 1. The number of fused-ring (bicyclic) bond motifs is 3. The zero-order valence-electron chi connectivity index (χ0n) is 23.6. The standard InChI is InChI=1S/C31H30FN7O4S/c32-22-7-4-18(5-8-22)14-34-31(42)36-38-17-27(40)39-23(13-19-6-9-24-20(12-19)10-11-43-24)29(41)37(16-26(38)39)15-21-2-1-3-25-28(21)35-30(33)44-25/h1-7,9-12,22-23,26H,8,13-17H2,(H2,33,35)(H2,34,36,42)/t22?,23-,26+/m0/s1. The molecule has 0 radical (unpaired) electrons. The molecular formula is C31H30FN7O4S. The maximum atomic E-state index is 14.1. The van der Waals surface area contributed by atoms with E-state index in [1.165, 1.54) is 17.4 Å². The zero-order valence-corrected chi connectivity index (χ0v) is 24.4. The van der Waals surface area contributed by atoms with Crippen LogP contribution in [-0.2, 0) is 22.6 Å². The molecule has 1 unspecified atom stereocenters. The number of nitrogen functional groups attached to an aromatic ring is 1. The van der Waals surface area contributed by atoms with Gasteiger partial charge in [-0.25, -0.2) is 14.2 Å². The molecule has 2 saturated heterocycles. The highest BCUT2D eigenvalue weighted by molar-refractivity contribution is 7.22. The molecule has 2 fully saturated rings. The second-order valence-electron chi connectivity index (χ2n) is 11.1. The Balaban J connectivity index is 1.14. The number of benzene rings is 2. The molecule has 2 aliphatic heterocycles. The van der Waals surface area contributed by atoms with E-state index >= 15 is 0 Å². The van der Waals surface area contributed by atoms with Crippen molar-refractivity contribution in [3.05, 3.63) is 83.7 Å². The van der Waals surface area contributed by atoms with Crippen molar-refractivity contribution in [3.8, 4) is 0 Å². The number of allylic oxidation sites excluding steroid dienone is 2. The number of nitrogens with zero attached hydrogens (tertiary/aromatic N) is 4. The lowest BCUT2D eigenvalue weighted by Gasteiger charge is -2.44. The van der Waals surface area contributed by atoms with Crippen LogP contribution in [0.2, 0.25) is 0 Å². The second kappa shape index (κ2) is 11.4. The third-order valence-corrected chi connectivity index (χ3v) is 9.09. The van der Waals surface area contributed by atoms with Crippen LogP contribution in [0.1, 0.15) is 17.5 Å². The SMILES string of the molecule is Nc1nc2c(CN3C[C@@H]4N(NC(=O)NCC5=CCC(F)C=C5)CC(=O)N4[C@@H](Cc4ccc5occc5c4)C3=O)cccc2s1. The molecule has 4 amide bonds. The molecule has 4 N–H and O–H groups in total. The van der Waals surface area contributed by atoms with Gasteiger partial charge in [0.05, 0.1) is 29.6 Å². The molecule has 11 nitrogen and oxygen atoms in total. The second-order valence-corrected chi connectivity index (χ2v) is 12.2. The molecule has 4 aromatic rings. The zero-order chi connectivity index (χ0) is 30.4. The number of furan rings is 1. The van der Waals surface area contributed by atoms with Crippen LogP contribution >= 0.6 is 11.3 Å². The van der Waals surface area contributed by atoms with Gasteiger partial charge in [0, 0.05) is 31.3 Å². The number of piperazine rings is 1. The van der Waals surface area contributed by atoms with Gasteiger partial charge in [0.15, 0.2) is 5.13 Å². The summed E-state index contributed by atoms with van der Waals surface area (Å²) < 4.78 is 19.8. The predicted octanol–water partition coefficient (Wildman–Crippen LogP) is 3.49. The fourth-order valence-electron chi connectivity index (χ4n) is 6.12. The smallest absolute Gasteiger partial charge is 0.329 e. The molecular weight excluding hydrogens is 585 g/mol. The minimum Gasteiger partial charge on any atom is -0.464 e. The fraction of sp³-hybridized carbons (Fsp3) is 0.290. The van der Waals surface area contributed by atoms with E-state index in [0.717, 1.165) is 37.9 Å². The number of aromatic nitrogens is 1. The quantitative estimate of drug-likeness (QED) is 0.290. The number of nitrogens with two attached hydrogens (primary N) is 1. The number of anilines is 1. The molecule has 13 heteroatoms. The maximum Gasteiger partial charge on any atom is 0.329 e. The van der Waals surface area contributed by atoms with Crippen molar-refractivity contribution >= 4 is 55.5 Å². The van der Waals surface area contributed by atoms with Gasteiger partial charge in [-0.2, -0.15) is 5.01 Å². The van der Waals surface area contributed by atoms with Crippen LogP contribution in [0.5, 0.6) is 0 Å². The predicted molar refractivity (Wildman–Crippen MR) is 164 cm³/mol. The fourth-order valence-corrected chi connectivity index (χ4v) is 6.90. The molecule has 4 heterocycles. The first-order valence-electron chi connectivity index (χ1n) is 14.3. The van der Waals surface area contributed by atoms with E-state index in [4.69, 9.17) is 10.2 Å². The molecule has 2 aromatic heterocycles. The van der Waals surface area contributed by atoms with Gasteiger partial charge in [-0.3, -0.25) is 15.0 Å². The van der Waals surface area contributed by atoms with Crippen molar-refractivity contribution in [1.29, 1.82) is 0 Å². The average molecular weight is 616 g/mol. The molecule has 1 aliphatic carbocycles. The Morgan fingerprint density at radius 1 is 1.20 bits per heavy atom. The van der Waals surface area contributed by atoms with Crippen molar-refractivity contribution in [2.75, 3.05) is 25.4 Å². The lowest BCUT2D eigenvalue weighted by Crippen LogP contribution is -2.65. The van der Waals surface area contributed by atoms with Crippen LogP contribution < -0.4 is 16.5 Å². The lowest BCUT2D eigenvalue weighted by atomic mass is 9.99. The van der Waals surface area contributed by atoms with E-state index in [1.807, 2.05) is 42.5 Å². The number of rotatable bonds is 7.